The zero-order chi connectivity index (χ0) is 17.2. The van der Waals surface area contributed by atoms with Crippen molar-refractivity contribution in [1.82, 2.24) is 0 Å². The molecule has 0 bridgehead atoms. The predicted octanol–water partition coefficient (Wildman–Crippen LogP) is 3.59. The normalized spacial score (nSPS) is 11.0. The van der Waals surface area contributed by atoms with Gasteiger partial charge in [0, 0.05) is 32.0 Å². The van der Waals surface area contributed by atoms with Gasteiger partial charge < -0.3 is 20.1 Å². The summed E-state index contributed by atoms with van der Waals surface area (Å²) in [5.74, 6) is 0. The fourth-order valence-electron chi connectivity index (χ4n) is 2.01. The monoisotopic (exact) mass is 328 g/mol. The molecular weight excluding hydrogens is 304 g/mol. The SMILES string of the molecule is CN(C)c1ccc(N=Nc2ccc(NCCOCCO)cc2)cc1. The Labute approximate surface area is 142 Å². The third-order valence-corrected chi connectivity index (χ3v) is 3.33. The van der Waals surface area contributed by atoms with Crippen molar-refractivity contribution in [3.63, 3.8) is 0 Å². The lowest BCUT2D eigenvalue weighted by molar-refractivity contribution is 0.0992. The number of anilines is 2. The number of benzene rings is 2. The minimum absolute atomic E-state index is 0.0531. The van der Waals surface area contributed by atoms with Gasteiger partial charge in [-0.15, -0.1) is 0 Å². The van der Waals surface area contributed by atoms with Gasteiger partial charge in [0.15, 0.2) is 0 Å². The van der Waals surface area contributed by atoms with Crippen LogP contribution in [0.25, 0.3) is 0 Å². The molecule has 0 aromatic heterocycles. The Morgan fingerprint density at radius 1 is 0.917 bits per heavy atom. The number of ether oxygens (including phenoxy) is 1. The first-order chi connectivity index (χ1) is 11.7. The molecule has 0 heterocycles. The highest BCUT2D eigenvalue weighted by molar-refractivity contribution is 5.53. The van der Waals surface area contributed by atoms with E-state index >= 15 is 0 Å². The number of aliphatic hydroxyl groups excluding tert-OH is 1. The van der Waals surface area contributed by atoms with E-state index in [-0.39, 0.29) is 6.61 Å². The number of nitrogens with one attached hydrogen (secondary N) is 1. The van der Waals surface area contributed by atoms with E-state index in [1.807, 2.05) is 67.5 Å². The van der Waals surface area contributed by atoms with Gasteiger partial charge in [-0.25, -0.2) is 0 Å². The molecule has 2 rings (SSSR count). The maximum Gasteiger partial charge on any atom is 0.0858 e. The third-order valence-electron chi connectivity index (χ3n) is 3.33. The summed E-state index contributed by atoms with van der Waals surface area (Å²) in [5.41, 5.74) is 3.75. The fraction of sp³-hybridized carbons (Fsp3) is 0.333. The molecule has 0 atom stereocenters. The van der Waals surface area contributed by atoms with E-state index in [9.17, 15) is 0 Å². The van der Waals surface area contributed by atoms with Crippen LogP contribution in [-0.2, 0) is 4.74 Å². The van der Waals surface area contributed by atoms with Crippen molar-refractivity contribution in [3.8, 4) is 0 Å². The summed E-state index contributed by atoms with van der Waals surface area (Å²) in [6.07, 6.45) is 0. The van der Waals surface area contributed by atoms with Gasteiger partial charge in [0.05, 0.1) is 31.2 Å². The van der Waals surface area contributed by atoms with E-state index in [0.29, 0.717) is 19.8 Å². The maximum absolute atomic E-state index is 8.62. The van der Waals surface area contributed by atoms with Crippen molar-refractivity contribution in [2.75, 3.05) is 50.7 Å². The zero-order valence-corrected chi connectivity index (χ0v) is 14.1. The molecule has 0 amide bonds. The van der Waals surface area contributed by atoms with Crippen LogP contribution in [-0.4, -0.2) is 45.6 Å². The molecule has 6 heteroatoms. The molecule has 0 aliphatic heterocycles. The summed E-state index contributed by atoms with van der Waals surface area (Å²) < 4.78 is 5.19. The van der Waals surface area contributed by atoms with Crippen LogP contribution in [0.3, 0.4) is 0 Å². The Bertz CT molecular complexity index is 624. The van der Waals surface area contributed by atoms with Crippen LogP contribution < -0.4 is 10.2 Å². The van der Waals surface area contributed by atoms with Crippen LogP contribution in [0.4, 0.5) is 22.7 Å². The van der Waals surface area contributed by atoms with Crippen molar-refractivity contribution >= 4 is 22.7 Å². The minimum Gasteiger partial charge on any atom is -0.394 e. The topological polar surface area (TPSA) is 69.5 Å². The molecule has 0 saturated heterocycles. The number of azo groups is 1. The highest BCUT2D eigenvalue weighted by Gasteiger charge is 1.96. The van der Waals surface area contributed by atoms with E-state index in [2.05, 4.69) is 15.5 Å². The quantitative estimate of drug-likeness (QED) is 0.545. The maximum atomic E-state index is 8.62. The largest absolute Gasteiger partial charge is 0.394 e. The smallest absolute Gasteiger partial charge is 0.0858 e. The summed E-state index contributed by atoms with van der Waals surface area (Å²) in [6.45, 7) is 1.68. The van der Waals surface area contributed by atoms with E-state index in [1.54, 1.807) is 0 Å². The Kier molecular flexibility index (Phi) is 7.20. The van der Waals surface area contributed by atoms with Crippen molar-refractivity contribution in [2.24, 2.45) is 10.2 Å². The Balaban J connectivity index is 1.84. The van der Waals surface area contributed by atoms with Gasteiger partial charge in [-0.05, 0) is 48.5 Å². The second kappa shape index (κ2) is 9.64. The molecule has 6 nitrogen and oxygen atoms in total. The first-order valence-corrected chi connectivity index (χ1v) is 7.91. The number of rotatable bonds is 9. The predicted molar refractivity (Wildman–Crippen MR) is 97.8 cm³/mol. The second-order valence-electron chi connectivity index (χ2n) is 5.42. The van der Waals surface area contributed by atoms with Crippen molar-refractivity contribution in [2.45, 2.75) is 0 Å². The molecule has 0 radical (unpaired) electrons. The second-order valence-corrected chi connectivity index (χ2v) is 5.42. The first-order valence-electron chi connectivity index (χ1n) is 7.91. The van der Waals surface area contributed by atoms with Crippen molar-refractivity contribution in [3.05, 3.63) is 48.5 Å². The summed E-state index contributed by atoms with van der Waals surface area (Å²) in [7, 11) is 4.01. The summed E-state index contributed by atoms with van der Waals surface area (Å²) in [5, 5.41) is 20.3. The molecule has 0 fully saturated rings. The molecule has 0 saturated carbocycles. The van der Waals surface area contributed by atoms with E-state index in [1.165, 1.54) is 0 Å². The Morgan fingerprint density at radius 3 is 2.04 bits per heavy atom. The number of hydrogen-bond acceptors (Lipinski definition) is 6. The Hall–Kier alpha value is -2.44. The molecule has 2 aromatic rings. The van der Waals surface area contributed by atoms with Gasteiger partial charge >= 0.3 is 0 Å². The molecule has 0 spiro atoms. The Morgan fingerprint density at radius 2 is 1.50 bits per heavy atom. The number of nitrogens with zero attached hydrogens (tertiary/aromatic N) is 3. The molecular formula is C18H24N4O2. The lowest BCUT2D eigenvalue weighted by Crippen LogP contribution is -2.11. The standard InChI is InChI=1S/C18H24N4O2/c1-22(2)18-9-7-17(8-10-18)21-20-16-5-3-15(4-6-16)19-11-13-24-14-12-23/h3-10,19,23H,11-14H2,1-2H3. The van der Waals surface area contributed by atoms with Crippen molar-refractivity contribution in [1.29, 1.82) is 0 Å². The van der Waals surface area contributed by atoms with Gasteiger partial charge in [-0.1, -0.05) is 0 Å². The number of aliphatic hydroxyl groups is 1. The molecule has 0 aliphatic rings. The van der Waals surface area contributed by atoms with Gasteiger partial charge in [0.25, 0.3) is 0 Å². The van der Waals surface area contributed by atoms with Crippen LogP contribution in [0.15, 0.2) is 58.8 Å². The molecule has 2 N–H and O–H groups in total. The number of hydrogen-bond donors (Lipinski definition) is 2. The molecule has 128 valence electrons. The van der Waals surface area contributed by atoms with Gasteiger partial charge in [-0.3, -0.25) is 0 Å². The zero-order valence-electron chi connectivity index (χ0n) is 14.1. The summed E-state index contributed by atoms with van der Waals surface area (Å²) >= 11 is 0. The third kappa shape index (κ3) is 5.98. The summed E-state index contributed by atoms with van der Waals surface area (Å²) in [6, 6.07) is 15.6. The molecule has 2 aromatic carbocycles. The van der Waals surface area contributed by atoms with Gasteiger partial charge in [-0.2, -0.15) is 10.2 Å². The average molecular weight is 328 g/mol. The van der Waals surface area contributed by atoms with Crippen LogP contribution in [0.5, 0.6) is 0 Å². The van der Waals surface area contributed by atoms with E-state index in [0.717, 1.165) is 22.7 Å². The molecule has 0 aliphatic carbocycles. The van der Waals surface area contributed by atoms with Crippen LogP contribution in [0.2, 0.25) is 0 Å². The summed E-state index contributed by atoms with van der Waals surface area (Å²) in [4.78, 5) is 2.04. The van der Waals surface area contributed by atoms with Crippen molar-refractivity contribution < 1.29 is 9.84 Å². The first kappa shape index (κ1) is 17.9. The fourth-order valence-corrected chi connectivity index (χ4v) is 2.01. The van der Waals surface area contributed by atoms with Crippen LogP contribution in [0, 0.1) is 0 Å². The molecule has 24 heavy (non-hydrogen) atoms. The highest BCUT2D eigenvalue weighted by atomic mass is 16.5. The van der Waals surface area contributed by atoms with E-state index < -0.39 is 0 Å². The lowest BCUT2D eigenvalue weighted by atomic mass is 10.3. The highest BCUT2D eigenvalue weighted by Crippen LogP contribution is 2.22. The van der Waals surface area contributed by atoms with Crippen LogP contribution >= 0.6 is 0 Å². The van der Waals surface area contributed by atoms with Gasteiger partial charge in [0.1, 0.15) is 0 Å². The van der Waals surface area contributed by atoms with Gasteiger partial charge in [0.2, 0.25) is 0 Å². The lowest BCUT2D eigenvalue weighted by Gasteiger charge is -2.11. The van der Waals surface area contributed by atoms with Crippen LogP contribution in [0.1, 0.15) is 0 Å². The molecule has 0 unspecified atom stereocenters. The minimum atomic E-state index is 0.0531. The van der Waals surface area contributed by atoms with E-state index in [4.69, 9.17) is 9.84 Å². The average Bonchev–Trinajstić information content (AvgIpc) is 2.61.